The lowest BCUT2D eigenvalue weighted by atomic mass is 9.91. The molecule has 1 heterocycles. The van der Waals surface area contributed by atoms with E-state index in [1.807, 2.05) is 13.1 Å². The van der Waals surface area contributed by atoms with Gasteiger partial charge in [0.25, 0.3) is 0 Å². The molecule has 0 aliphatic carbocycles. The molecule has 1 atom stereocenters. The second-order valence-corrected chi connectivity index (χ2v) is 5.85. The van der Waals surface area contributed by atoms with Crippen molar-refractivity contribution in [2.24, 2.45) is 5.92 Å². The van der Waals surface area contributed by atoms with Crippen LogP contribution in [0.4, 0.5) is 4.39 Å². The standard InChI is InChI=1S/C17H27FN2/c1-3-17(15-5-4-6-16(18)13-15)20-11-8-14(9-12-20)7-10-19-2/h4-6,13-14,17,19H,3,7-12H2,1-2H3. The molecule has 0 spiro atoms. The van der Waals surface area contributed by atoms with Crippen LogP contribution in [0.1, 0.15) is 44.2 Å². The minimum Gasteiger partial charge on any atom is -0.320 e. The molecule has 20 heavy (non-hydrogen) atoms. The Morgan fingerprint density at radius 3 is 2.70 bits per heavy atom. The van der Waals surface area contributed by atoms with Gasteiger partial charge in [-0.2, -0.15) is 0 Å². The molecule has 1 fully saturated rings. The topological polar surface area (TPSA) is 15.3 Å². The highest BCUT2D eigenvalue weighted by Crippen LogP contribution is 2.30. The van der Waals surface area contributed by atoms with Crippen LogP contribution in [-0.4, -0.2) is 31.6 Å². The largest absolute Gasteiger partial charge is 0.320 e. The molecule has 1 aliphatic heterocycles. The average molecular weight is 278 g/mol. The van der Waals surface area contributed by atoms with E-state index >= 15 is 0 Å². The summed E-state index contributed by atoms with van der Waals surface area (Å²) in [6, 6.07) is 7.48. The van der Waals surface area contributed by atoms with Crippen LogP contribution in [0.15, 0.2) is 24.3 Å². The molecule has 1 aromatic carbocycles. The minimum atomic E-state index is -0.121. The summed E-state index contributed by atoms with van der Waals surface area (Å²) < 4.78 is 13.4. The van der Waals surface area contributed by atoms with Crippen molar-refractivity contribution in [3.8, 4) is 0 Å². The quantitative estimate of drug-likeness (QED) is 0.855. The number of rotatable bonds is 6. The van der Waals surface area contributed by atoms with Gasteiger partial charge in [0.1, 0.15) is 5.82 Å². The van der Waals surface area contributed by atoms with E-state index in [0.717, 1.165) is 37.5 Å². The second kappa shape index (κ2) is 7.75. The fourth-order valence-electron chi connectivity index (χ4n) is 3.32. The van der Waals surface area contributed by atoms with Crippen molar-refractivity contribution in [3.63, 3.8) is 0 Å². The van der Waals surface area contributed by atoms with E-state index in [2.05, 4.69) is 23.2 Å². The third-order valence-corrected chi connectivity index (χ3v) is 4.51. The third kappa shape index (κ3) is 4.03. The lowest BCUT2D eigenvalue weighted by Crippen LogP contribution is -2.37. The van der Waals surface area contributed by atoms with Crippen LogP contribution in [0.25, 0.3) is 0 Å². The summed E-state index contributed by atoms with van der Waals surface area (Å²) in [6.07, 6.45) is 4.87. The number of nitrogens with one attached hydrogen (secondary N) is 1. The maximum atomic E-state index is 13.4. The summed E-state index contributed by atoms with van der Waals surface area (Å²) in [6.45, 7) is 5.60. The molecule has 2 nitrogen and oxygen atoms in total. The monoisotopic (exact) mass is 278 g/mol. The minimum absolute atomic E-state index is 0.121. The Morgan fingerprint density at radius 2 is 2.10 bits per heavy atom. The van der Waals surface area contributed by atoms with Crippen molar-refractivity contribution in [2.45, 2.75) is 38.6 Å². The zero-order valence-corrected chi connectivity index (χ0v) is 12.7. The molecule has 1 aromatic rings. The predicted molar refractivity (Wildman–Crippen MR) is 82.3 cm³/mol. The number of hydrogen-bond acceptors (Lipinski definition) is 2. The number of benzene rings is 1. The summed E-state index contributed by atoms with van der Waals surface area (Å²) in [4.78, 5) is 2.53. The zero-order valence-electron chi connectivity index (χ0n) is 12.7. The predicted octanol–water partition coefficient (Wildman–Crippen LogP) is 3.60. The molecule has 1 unspecified atom stereocenters. The van der Waals surface area contributed by atoms with Gasteiger partial charge >= 0.3 is 0 Å². The van der Waals surface area contributed by atoms with Gasteiger partial charge in [-0.05, 0) is 76.0 Å². The smallest absolute Gasteiger partial charge is 0.123 e. The highest BCUT2D eigenvalue weighted by molar-refractivity contribution is 5.20. The van der Waals surface area contributed by atoms with Crippen LogP contribution < -0.4 is 5.32 Å². The Labute approximate surface area is 122 Å². The first-order valence-electron chi connectivity index (χ1n) is 7.88. The molecular formula is C17H27FN2. The molecule has 0 bridgehead atoms. The first-order chi connectivity index (χ1) is 9.74. The Hall–Kier alpha value is -0.930. The summed E-state index contributed by atoms with van der Waals surface area (Å²) in [5.41, 5.74) is 1.13. The average Bonchev–Trinajstić information content (AvgIpc) is 2.47. The summed E-state index contributed by atoms with van der Waals surface area (Å²) in [5.74, 6) is 0.730. The second-order valence-electron chi connectivity index (χ2n) is 5.85. The Balaban J connectivity index is 1.93. The molecule has 0 radical (unpaired) electrons. The van der Waals surface area contributed by atoms with E-state index in [1.165, 1.54) is 25.3 Å². The van der Waals surface area contributed by atoms with Gasteiger partial charge in [-0.1, -0.05) is 19.1 Å². The highest BCUT2D eigenvalue weighted by atomic mass is 19.1. The van der Waals surface area contributed by atoms with Crippen LogP contribution in [0.2, 0.25) is 0 Å². The van der Waals surface area contributed by atoms with Crippen LogP contribution >= 0.6 is 0 Å². The maximum absolute atomic E-state index is 13.4. The molecule has 2 rings (SSSR count). The summed E-state index contributed by atoms with van der Waals surface area (Å²) >= 11 is 0. The van der Waals surface area contributed by atoms with Crippen molar-refractivity contribution in [2.75, 3.05) is 26.7 Å². The Kier molecular flexibility index (Phi) is 5.99. The number of piperidine rings is 1. The normalized spacial score (nSPS) is 19.1. The van der Waals surface area contributed by atoms with Gasteiger partial charge in [-0.25, -0.2) is 4.39 Å². The van der Waals surface area contributed by atoms with Crippen LogP contribution in [0.3, 0.4) is 0 Å². The molecule has 1 aliphatic rings. The fraction of sp³-hybridized carbons (Fsp3) is 0.647. The first-order valence-corrected chi connectivity index (χ1v) is 7.88. The lowest BCUT2D eigenvalue weighted by molar-refractivity contribution is 0.125. The van der Waals surface area contributed by atoms with Crippen molar-refractivity contribution in [1.82, 2.24) is 10.2 Å². The number of nitrogens with zero attached hydrogens (tertiary/aromatic N) is 1. The van der Waals surface area contributed by atoms with Gasteiger partial charge in [0.05, 0.1) is 0 Å². The first kappa shape index (κ1) is 15.5. The molecule has 0 saturated carbocycles. The molecule has 1 saturated heterocycles. The fourth-order valence-corrected chi connectivity index (χ4v) is 3.32. The SMILES string of the molecule is CCC(c1cccc(F)c1)N1CCC(CCNC)CC1. The number of halogens is 1. The maximum Gasteiger partial charge on any atom is 0.123 e. The van der Waals surface area contributed by atoms with Gasteiger partial charge in [0.2, 0.25) is 0 Å². The van der Waals surface area contributed by atoms with Crippen LogP contribution in [-0.2, 0) is 0 Å². The molecule has 1 N–H and O–H groups in total. The van der Waals surface area contributed by atoms with Gasteiger partial charge in [-0.3, -0.25) is 4.90 Å². The summed E-state index contributed by atoms with van der Waals surface area (Å²) in [7, 11) is 2.02. The Bertz CT molecular complexity index is 400. The van der Waals surface area contributed by atoms with Crippen molar-refractivity contribution in [1.29, 1.82) is 0 Å². The molecular weight excluding hydrogens is 251 g/mol. The van der Waals surface area contributed by atoms with E-state index in [1.54, 1.807) is 6.07 Å². The molecule has 112 valence electrons. The number of likely N-dealkylation sites (tertiary alicyclic amines) is 1. The third-order valence-electron chi connectivity index (χ3n) is 4.51. The van der Waals surface area contributed by atoms with Gasteiger partial charge in [-0.15, -0.1) is 0 Å². The van der Waals surface area contributed by atoms with E-state index < -0.39 is 0 Å². The van der Waals surface area contributed by atoms with Gasteiger partial charge in [0, 0.05) is 6.04 Å². The van der Waals surface area contributed by atoms with Crippen LogP contribution in [0, 0.1) is 11.7 Å². The number of hydrogen-bond donors (Lipinski definition) is 1. The van der Waals surface area contributed by atoms with Gasteiger partial charge < -0.3 is 5.32 Å². The van der Waals surface area contributed by atoms with Crippen molar-refractivity contribution < 1.29 is 4.39 Å². The van der Waals surface area contributed by atoms with Crippen molar-refractivity contribution in [3.05, 3.63) is 35.6 Å². The van der Waals surface area contributed by atoms with Gasteiger partial charge in [0.15, 0.2) is 0 Å². The zero-order chi connectivity index (χ0) is 14.4. The highest BCUT2D eigenvalue weighted by Gasteiger charge is 2.24. The molecule has 0 aromatic heterocycles. The summed E-state index contributed by atoms with van der Waals surface area (Å²) in [5, 5.41) is 3.24. The molecule has 0 amide bonds. The van der Waals surface area contributed by atoms with E-state index in [9.17, 15) is 4.39 Å². The van der Waals surface area contributed by atoms with E-state index in [4.69, 9.17) is 0 Å². The van der Waals surface area contributed by atoms with E-state index in [0.29, 0.717) is 6.04 Å². The van der Waals surface area contributed by atoms with Crippen LogP contribution in [0.5, 0.6) is 0 Å². The van der Waals surface area contributed by atoms with Crippen molar-refractivity contribution >= 4 is 0 Å². The Morgan fingerprint density at radius 1 is 1.35 bits per heavy atom. The lowest BCUT2D eigenvalue weighted by Gasteiger charge is -2.37. The van der Waals surface area contributed by atoms with E-state index in [-0.39, 0.29) is 5.82 Å². The molecule has 3 heteroatoms.